The molecule has 0 aromatic heterocycles. The van der Waals surface area contributed by atoms with E-state index < -0.39 is 0 Å². The van der Waals surface area contributed by atoms with E-state index in [0.717, 1.165) is 5.33 Å². The second-order valence-electron chi connectivity index (χ2n) is 3.51. The van der Waals surface area contributed by atoms with Crippen molar-refractivity contribution >= 4 is 15.9 Å². The maximum atomic E-state index is 3.44. The Hall–Kier alpha value is 0.220. The number of hydrogen-bond donors (Lipinski definition) is 0. The second-order valence-corrected chi connectivity index (χ2v) is 4.30. The van der Waals surface area contributed by atoms with Crippen molar-refractivity contribution in [3.8, 4) is 0 Å². The number of alkyl halides is 1. The summed E-state index contributed by atoms with van der Waals surface area (Å²) in [5.74, 6) is 0. The summed E-state index contributed by atoms with van der Waals surface area (Å²) in [5, 5.41) is 1.15. The number of allylic oxidation sites excluding steroid dienone is 2. The molecule has 0 saturated carbocycles. The number of hydrogen-bond acceptors (Lipinski definition) is 0. The number of rotatable bonds is 9. The lowest BCUT2D eigenvalue weighted by molar-refractivity contribution is 0.673. The van der Waals surface area contributed by atoms with Gasteiger partial charge in [-0.1, -0.05) is 54.3 Å². The van der Waals surface area contributed by atoms with Gasteiger partial charge in [0, 0.05) is 5.33 Å². The van der Waals surface area contributed by atoms with E-state index in [4.69, 9.17) is 0 Å². The first kappa shape index (κ1) is 13.2. The van der Waals surface area contributed by atoms with Gasteiger partial charge in [-0.05, 0) is 32.1 Å². The summed E-state index contributed by atoms with van der Waals surface area (Å²) in [4.78, 5) is 0. The van der Waals surface area contributed by atoms with Gasteiger partial charge in [-0.15, -0.1) is 0 Å². The third-order valence-corrected chi connectivity index (χ3v) is 2.71. The van der Waals surface area contributed by atoms with Crippen molar-refractivity contribution in [3.05, 3.63) is 12.2 Å². The minimum atomic E-state index is 1.15. The highest BCUT2D eigenvalue weighted by molar-refractivity contribution is 9.09. The maximum absolute atomic E-state index is 3.44. The Balaban J connectivity index is 2.95. The van der Waals surface area contributed by atoms with E-state index in [0.29, 0.717) is 0 Å². The summed E-state index contributed by atoms with van der Waals surface area (Å²) in [6.45, 7) is 2.26. The molecular weight excluding hydrogens is 224 g/mol. The average Bonchev–Trinajstić information content (AvgIpc) is 2.16. The van der Waals surface area contributed by atoms with Gasteiger partial charge in [-0.25, -0.2) is 0 Å². The van der Waals surface area contributed by atoms with Crippen LogP contribution in [0.4, 0.5) is 0 Å². The summed E-state index contributed by atoms with van der Waals surface area (Å²) in [6, 6.07) is 0. The van der Waals surface area contributed by atoms with Crippen LogP contribution >= 0.6 is 15.9 Å². The van der Waals surface area contributed by atoms with Crippen molar-refractivity contribution in [2.45, 2.75) is 58.3 Å². The molecule has 0 aliphatic heterocycles. The van der Waals surface area contributed by atoms with Crippen LogP contribution < -0.4 is 0 Å². The molecule has 0 aliphatic rings. The van der Waals surface area contributed by atoms with E-state index in [1.807, 2.05) is 0 Å². The van der Waals surface area contributed by atoms with E-state index in [-0.39, 0.29) is 0 Å². The fourth-order valence-electron chi connectivity index (χ4n) is 1.28. The SMILES string of the molecule is CCCCCCC=CCCCCBr. The fourth-order valence-corrected chi connectivity index (χ4v) is 1.68. The Morgan fingerprint density at radius 2 is 1.46 bits per heavy atom. The van der Waals surface area contributed by atoms with Crippen LogP contribution in [0, 0.1) is 0 Å². The molecule has 0 N–H and O–H groups in total. The van der Waals surface area contributed by atoms with Crippen LogP contribution in [-0.2, 0) is 0 Å². The first-order chi connectivity index (χ1) is 6.41. The van der Waals surface area contributed by atoms with Crippen molar-refractivity contribution in [2.75, 3.05) is 5.33 Å². The molecule has 0 aliphatic carbocycles. The van der Waals surface area contributed by atoms with Crippen LogP contribution in [0.2, 0.25) is 0 Å². The number of unbranched alkanes of at least 4 members (excludes halogenated alkanes) is 6. The molecule has 13 heavy (non-hydrogen) atoms. The molecule has 0 rings (SSSR count). The van der Waals surface area contributed by atoms with Crippen LogP contribution in [0.1, 0.15) is 58.3 Å². The molecule has 0 aromatic rings. The topological polar surface area (TPSA) is 0 Å². The maximum Gasteiger partial charge on any atom is 0.00314 e. The average molecular weight is 247 g/mol. The van der Waals surface area contributed by atoms with Gasteiger partial charge in [0.15, 0.2) is 0 Å². The summed E-state index contributed by atoms with van der Waals surface area (Å²) in [6.07, 6.45) is 15.4. The first-order valence-electron chi connectivity index (χ1n) is 5.62. The van der Waals surface area contributed by atoms with Gasteiger partial charge in [-0.3, -0.25) is 0 Å². The zero-order valence-corrected chi connectivity index (χ0v) is 10.5. The van der Waals surface area contributed by atoms with E-state index in [9.17, 15) is 0 Å². The van der Waals surface area contributed by atoms with Gasteiger partial charge < -0.3 is 0 Å². The van der Waals surface area contributed by atoms with Crippen LogP contribution in [0.15, 0.2) is 12.2 Å². The molecule has 1 heteroatoms. The summed E-state index contributed by atoms with van der Waals surface area (Å²) >= 11 is 3.44. The lowest BCUT2D eigenvalue weighted by Gasteiger charge is -1.94. The van der Waals surface area contributed by atoms with Crippen LogP contribution in [0.3, 0.4) is 0 Å². The summed E-state index contributed by atoms with van der Waals surface area (Å²) in [5.41, 5.74) is 0. The minimum Gasteiger partial charge on any atom is -0.0928 e. The molecule has 0 fully saturated rings. The van der Waals surface area contributed by atoms with Gasteiger partial charge in [-0.2, -0.15) is 0 Å². The molecule has 78 valence electrons. The Kier molecular flexibility index (Phi) is 12.4. The third kappa shape index (κ3) is 12.2. The van der Waals surface area contributed by atoms with Crippen LogP contribution in [-0.4, -0.2) is 5.33 Å². The molecule has 0 saturated heterocycles. The van der Waals surface area contributed by atoms with Crippen molar-refractivity contribution in [1.29, 1.82) is 0 Å². The second kappa shape index (κ2) is 12.2. The van der Waals surface area contributed by atoms with Crippen molar-refractivity contribution < 1.29 is 0 Å². The standard InChI is InChI=1S/C12H23Br/c1-2-3-4-5-6-7-8-9-10-11-12-13/h7-8H,2-6,9-12H2,1H3. The highest BCUT2D eigenvalue weighted by Crippen LogP contribution is 2.04. The van der Waals surface area contributed by atoms with Gasteiger partial charge in [0.1, 0.15) is 0 Å². The highest BCUT2D eigenvalue weighted by atomic mass is 79.9. The summed E-state index contributed by atoms with van der Waals surface area (Å²) < 4.78 is 0. The van der Waals surface area contributed by atoms with Crippen LogP contribution in [0.5, 0.6) is 0 Å². The highest BCUT2D eigenvalue weighted by Gasteiger charge is 1.85. The Morgan fingerprint density at radius 3 is 2.00 bits per heavy atom. The molecule has 0 radical (unpaired) electrons. The van der Waals surface area contributed by atoms with E-state index in [1.54, 1.807) is 0 Å². The van der Waals surface area contributed by atoms with Gasteiger partial charge in [0.05, 0.1) is 0 Å². The molecule has 0 heterocycles. The molecule has 0 amide bonds. The smallest absolute Gasteiger partial charge is 0.00314 e. The van der Waals surface area contributed by atoms with Crippen LogP contribution in [0.25, 0.3) is 0 Å². The van der Waals surface area contributed by atoms with Crippen molar-refractivity contribution in [1.82, 2.24) is 0 Å². The normalized spacial score (nSPS) is 11.2. The fraction of sp³-hybridized carbons (Fsp3) is 0.833. The largest absolute Gasteiger partial charge is 0.0928 e. The quantitative estimate of drug-likeness (QED) is 0.303. The molecule has 0 unspecified atom stereocenters. The zero-order chi connectivity index (χ0) is 9.78. The van der Waals surface area contributed by atoms with Gasteiger partial charge in [0.2, 0.25) is 0 Å². The number of halogens is 1. The molecule has 0 spiro atoms. The molecule has 0 nitrogen and oxygen atoms in total. The first-order valence-corrected chi connectivity index (χ1v) is 6.75. The van der Waals surface area contributed by atoms with E-state index in [1.165, 1.54) is 51.4 Å². The predicted octanol–water partition coefficient (Wildman–Crippen LogP) is 5.08. The molecular formula is C12H23Br. The lowest BCUT2D eigenvalue weighted by Crippen LogP contribution is -1.75. The van der Waals surface area contributed by atoms with E-state index in [2.05, 4.69) is 35.0 Å². The van der Waals surface area contributed by atoms with Gasteiger partial charge in [0.25, 0.3) is 0 Å². The van der Waals surface area contributed by atoms with Crippen molar-refractivity contribution in [3.63, 3.8) is 0 Å². The molecule has 0 bridgehead atoms. The van der Waals surface area contributed by atoms with Gasteiger partial charge >= 0.3 is 0 Å². The lowest BCUT2D eigenvalue weighted by atomic mass is 10.1. The third-order valence-electron chi connectivity index (χ3n) is 2.15. The Morgan fingerprint density at radius 1 is 0.846 bits per heavy atom. The molecule has 0 aromatic carbocycles. The Labute approximate surface area is 91.9 Å². The monoisotopic (exact) mass is 246 g/mol. The zero-order valence-electron chi connectivity index (χ0n) is 8.90. The van der Waals surface area contributed by atoms with E-state index >= 15 is 0 Å². The minimum absolute atomic E-state index is 1.15. The predicted molar refractivity (Wildman–Crippen MR) is 65.5 cm³/mol. The molecule has 0 atom stereocenters. The summed E-state index contributed by atoms with van der Waals surface area (Å²) in [7, 11) is 0. The van der Waals surface area contributed by atoms with Crippen molar-refractivity contribution in [2.24, 2.45) is 0 Å². The Bertz CT molecular complexity index is 108.